The SMILES string of the molecule is Cc1ccc(-c2nnc(SCc3nc(-c4ccc(F)cc4)no3)o2)cc1C. The lowest BCUT2D eigenvalue weighted by Crippen LogP contribution is -1.83. The summed E-state index contributed by atoms with van der Waals surface area (Å²) >= 11 is 1.31. The van der Waals surface area contributed by atoms with Gasteiger partial charge in [-0.3, -0.25) is 0 Å². The van der Waals surface area contributed by atoms with Gasteiger partial charge in [0.2, 0.25) is 17.6 Å². The molecule has 0 N–H and O–H groups in total. The van der Waals surface area contributed by atoms with E-state index in [-0.39, 0.29) is 5.82 Å². The van der Waals surface area contributed by atoms with Gasteiger partial charge in [-0.2, -0.15) is 4.98 Å². The van der Waals surface area contributed by atoms with Gasteiger partial charge in [0.05, 0.1) is 5.75 Å². The van der Waals surface area contributed by atoms with E-state index in [4.69, 9.17) is 8.94 Å². The predicted octanol–water partition coefficient (Wildman–Crippen LogP) is 4.83. The highest BCUT2D eigenvalue weighted by molar-refractivity contribution is 7.98. The van der Waals surface area contributed by atoms with E-state index in [2.05, 4.69) is 27.3 Å². The normalized spacial score (nSPS) is 11.1. The summed E-state index contributed by atoms with van der Waals surface area (Å²) in [6.07, 6.45) is 0. The van der Waals surface area contributed by atoms with Gasteiger partial charge in [0.1, 0.15) is 5.82 Å². The van der Waals surface area contributed by atoms with Crippen LogP contribution in [0.1, 0.15) is 17.0 Å². The van der Waals surface area contributed by atoms with Crippen molar-refractivity contribution in [2.24, 2.45) is 0 Å². The second-order valence-corrected chi connectivity index (χ2v) is 6.91. The second kappa shape index (κ2) is 7.32. The standard InChI is InChI=1S/C19H15FN4O2S/c1-11-3-4-14(9-12(11)2)18-22-23-19(25-18)27-10-16-21-17(24-26-16)13-5-7-15(20)8-6-13/h3-9H,10H2,1-2H3. The zero-order valence-corrected chi connectivity index (χ0v) is 15.5. The lowest BCUT2D eigenvalue weighted by molar-refractivity contribution is 0.391. The maximum absolute atomic E-state index is 13.0. The molecule has 6 nitrogen and oxygen atoms in total. The van der Waals surface area contributed by atoms with Crippen molar-refractivity contribution in [2.45, 2.75) is 24.8 Å². The highest BCUT2D eigenvalue weighted by Gasteiger charge is 2.13. The average Bonchev–Trinajstić information content (AvgIpc) is 3.32. The lowest BCUT2D eigenvalue weighted by Gasteiger charge is -2.00. The molecule has 0 bridgehead atoms. The van der Waals surface area contributed by atoms with E-state index in [1.165, 1.54) is 35.0 Å². The van der Waals surface area contributed by atoms with Crippen molar-refractivity contribution < 1.29 is 13.3 Å². The van der Waals surface area contributed by atoms with Gasteiger partial charge in [0, 0.05) is 11.1 Å². The molecule has 2 aromatic heterocycles. The summed E-state index contributed by atoms with van der Waals surface area (Å²) in [5, 5.41) is 12.5. The number of hydrogen-bond donors (Lipinski definition) is 0. The van der Waals surface area contributed by atoms with Crippen LogP contribution in [0.4, 0.5) is 4.39 Å². The van der Waals surface area contributed by atoms with Crippen LogP contribution in [-0.2, 0) is 5.75 Å². The molecule has 8 heteroatoms. The van der Waals surface area contributed by atoms with Crippen molar-refractivity contribution in [3.8, 4) is 22.8 Å². The molecule has 0 aliphatic carbocycles. The number of aryl methyl sites for hydroxylation is 2. The summed E-state index contributed by atoms with van der Waals surface area (Å²) < 4.78 is 23.9. The Hall–Kier alpha value is -3.00. The summed E-state index contributed by atoms with van der Waals surface area (Å²) in [6.45, 7) is 4.10. The van der Waals surface area contributed by atoms with Crippen LogP contribution in [0.2, 0.25) is 0 Å². The quantitative estimate of drug-likeness (QED) is 0.457. The molecule has 0 radical (unpaired) electrons. The van der Waals surface area contributed by atoms with Gasteiger partial charge in [0.15, 0.2) is 0 Å². The van der Waals surface area contributed by atoms with Crippen LogP contribution in [0.25, 0.3) is 22.8 Å². The molecular formula is C19H15FN4O2S. The minimum atomic E-state index is -0.311. The van der Waals surface area contributed by atoms with E-state index < -0.39 is 0 Å². The van der Waals surface area contributed by atoms with Crippen LogP contribution in [0, 0.1) is 19.7 Å². The Kier molecular flexibility index (Phi) is 4.72. The molecule has 0 spiro atoms. The maximum atomic E-state index is 13.0. The number of aromatic nitrogens is 4. The molecule has 136 valence electrons. The fourth-order valence-corrected chi connectivity index (χ4v) is 3.01. The monoisotopic (exact) mass is 382 g/mol. The molecule has 0 fully saturated rings. The Bertz CT molecular complexity index is 1080. The molecule has 0 amide bonds. The topological polar surface area (TPSA) is 77.8 Å². The van der Waals surface area contributed by atoms with Crippen molar-refractivity contribution in [1.82, 2.24) is 20.3 Å². The van der Waals surface area contributed by atoms with Crippen LogP contribution in [0.15, 0.2) is 56.6 Å². The van der Waals surface area contributed by atoms with Crippen molar-refractivity contribution >= 4 is 11.8 Å². The summed E-state index contributed by atoms with van der Waals surface area (Å²) in [4.78, 5) is 4.30. The van der Waals surface area contributed by atoms with Crippen LogP contribution in [0.5, 0.6) is 0 Å². The minimum Gasteiger partial charge on any atom is -0.411 e. The highest BCUT2D eigenvalue weighted by Crippen LogP contribution is 2.27. The minimum absolute atomic E-state index is 0.311. The van der Waals surface area contributed by atoms with Gasteiger partial charge in [-0.1, -0.05) is 23.0 Å². The number of hydrogen-bond acceptors (Lipinski definition) is 7. The predicted molar refractivity (Wildman–Crippen MR) is 98.5 cm³/mol. The molecule has 2 aromatic carbocycles. The summed E-state index contributed by atoms with van der Waals surface area (Å²) in [5.74, 6) is 1.38. The van der Waals surface area contributed by atoms with Crippen LogP contribution in [-0.4, -0.2) is 20.3 Å². The van der Waals surface area contributed by atoms with Gasteiger partial charge in [0.25, 0.3) is 5.22 Å². The van der Waals surface area contributed by atoms with Crippen molar-refractivity contribution in [3.05, 3.63) is 65.3 Å². The van der Waals surface area contributed by atoms with E-state index in [1.807, 2.05) is 25.1 Å². The first-order chi connectivity index (χ1) is 13.1. The van der Waals surface area contributed by atoms with E-state index in [1.54, 1.807) is 12.1 Å². The van der Waals surface area contributed by atoms with Gasteiger partial charge in [-0.15, -0.1) is 10.2 Å². The molecule has 2 heterocycles. The summed E-state index contributed by atoms with van der Waals surface area (Å²) in [7, 11) is 0. The van der Waals surface area contributed by atoms with E-state index in [9.17, 15) is 4.39 Å². The molecule has 4 rings (SSSR count). The molecule has 0 aliphatic rings. The molecule has 4 aromatic rings. The third-order valence-electron chi connectivity index (χ3n) is 4.05. The Balaban J connectivity index is 1.43. The van der Waals surface area contributed by atoms with E-state index in [0.717, 1.165) is 5.56 Å². The number of halogens is 1. The Morgan fingerprint density at radius 3 is 2.52 bits per heavy atom. The van der Waals surface area contributed by atoms with Crippen molar-refractivity contribution in [2.75, 3.05) is 0 Å². The third-order valence-corrected chi connectivity index (χ3v) is 4.85. The Morgan fingerprint density at radius 2 is 1.74 bits per heavy atom. The van der Waals surface area contributed by atoms with Crippen molar-refractivity contribution in [1.29, 1.82) is 0 Å². The van der Waals surface area contributed by atoms with Gasteiger partial charge >= 0.3 is 0 Å². The summed E-state index contributed by atoms with van der Waals surface area (Å²) in [5.41, 5.74) is 3.94. The van der Waals surface area contributed by atoms with Crippen LogP contribution < -0.4 is 0 Å². The maximum Gasteiger partial charge on any atom is 0.277 e. The number of nitrogens with zero attached hydrogens (tertiary/aromatic N) is 4. The average molecular weight is 382 g/mol. The third kappa shape index (κ3) is 3.90. The summed E-state index contributed by atoms with van der Waals surface area (Å²) in [6, 6.07) is 11.9. The number of benzene rings is 2. The van der Waals surface area contributed by atoms with Crippen LogP contribution >= 0.6 is 11.8 Å². The first-order valence-corrected chi connectivity index (χ1v) is 9.19. The molecule has 0 aliphatic heterocycles. The molecule has 0 saturated carbocycles. The first-order valence-electron chi connectivity index (χ1n) is 8.21. The first kappa shape index (κ1) is 17.4. The Morgan fingerprint density at radius 1 is 0.963 bits per heavy atom. The molecular weight excluding hydrogens is 367 g/mol. The molecule has 0 atom stereocenters. The zero-order valence-electron chi connectivity index (χ0n) is 14.6. The fraction of sp³-hybridized carbons (Fsp3) is 0.158. The highest BCUT2D eigenvalue weighted by atomic mass is 32.2. The smallest absolute Gasteiger partial charge is 0.277 e. The lowest BCUT2D eigenvalue weighted by atomic mass is 10.1. The van der Waals surface area contributed by atoms with E-state index in [0.29, 0.717) is 34.1 Å². The number of rotatable bonds is 5. The number of thioether (sulfide) groups is 1. The van der Waals surface area contributed by atoms with Gasteiger partial charge in [-0.25, -0.2) is 4.39 Å². The molecule has 0 saturated heterocycles. The van der Waals surface area contributed by atoms with Gasteiger partial charge < -0.3 is 8.94 Å². The van der Waals surface area contributed by atoms with E-state index >= 15 is 0 Å². The van der Waals surface area contributed by atoms with Crippen molar-refractivity contribution in [3.63, 3.8) is 0 Å². The molecule has 0 unspecified atom stereocenters. The largest absolute Gasteiger partial charge is 0.411 e. The van der Waals surface area contributed by atoms with Crippen LogP contribution in [0.3, 0.4) is 0 Å². The zero-order chi connectivity index (χ0) is 18.8. The molecule has 27 heavy (non-hydrogen) atoms. The second-order valence-electron chi connectivity index (χ2n) is 5.98. The van der Waals surface area contributed by atoms with Gasteiger partial charge in [-0.05, 0) is 61.4 Å². The fourth-order valence-electron chi connectivity index (χ4n) is 2.41. The Labute approximate surface area is 158 Å².